The van der Waals surface area contributed by atoms with E-state index in [-0.39, 0.29) is 5.56 Å². The first-order chi connectivity index (χ1) is 9.56. The van der Waals surface area contributed by atoms with Gasteiger partial charge in [0.15, 0.2) is 0 Å². The van der Waals surface area contributed by atoms with E-state index in [9.17, 15) is 26.7 Å². The Bertz CT molecular complexity index is 506. The van der Waals surface area contributed by atoms with Gasteiger partial charge >= 0.3 is 18.8 Å². The summed E-state index contributed by atoms with van der Waals surface area (Å²) in [7, 11) is 0. The molecular weight excluding hydrogens is 301 g/mol. The van der Waals surface area contributed by atoms with Gasteiger partial charge in [0.05, 0.1) is 6.54 Å². The Hall–Kier alpha value is -1.90. The first kappa shape index (κ1) is 17.2. The minimum absolute atomic E-state index is 0.331. The van der Waals surface area contributed by atoms with Crippen molar-refractivity contribution >= 4 is 5.97 Å². The molecule has 2 N–H and O–H groups in total. The molecule has 0 aliphatic rings. The van der Waals surface area contributed by atoms with Crippen molar-refractivity contribution in [3.8, 4) is 5.75 Å². The van der Waals surface area contributed by atoms with Crippen LogP contribution in [-0.4, -0.2) is 30.4 Å². The molecule has 0 heterocycles. The van der Waals surface area contributed by atoms with Crippen molar-refractivity contribution in [2.24, 2.45) is 0 Å². The Morgan fingerprint density at radius 2 is 1.90 bits per heavy atom. The van der Waals surface area contributed by atoms with Crippen LogP contribution in [-0.2, 0) is 10.3 Å². The van der Waals surface area contributed by atoms with Crippen molar-refractivity contribution in [2.45, 2.75) is 25.3 Å². The fraction of sp³-hybridized carbons (Fsp3) is 0.417. The molecule has 0 bridgehead atoms. The quantitative estimate of drug-likeness (QED) is 0.793. The summed E-state index contributed by atoms with van der Waals surface area (Å²) < 4.78 is 65.6. The van der Waals surface area contributed by atoms with Crippen LogP contribution in [0.25, 0.3) is 0 Å². The highest BCUT2D eigenvalue weighted by atomic mass is 19.4. The molecule has 1 rings (SSSR count). The molecule has 0 saturated carbocycles. The van der Waals surface area contributed by atoms with Crippen molar-refractivity contribution in [2.75, 3.05) is 6.54 Å². The summed E-state index contributed by atoms with van der Waals surface area (Å²) in [4.78, 5) is 11.3. The number of halogens is 5. The van der Waals surface area contributed by atoms with Gasteiger partial charge in [0, 0.05) is 5.56 Å². The van der Waals surface area contributed by atoms with E-state index in [4.69, 9.17) is 5.11 Å². The molecule has 0 saturated heterocycles. The number of para-hydroxylation sites is 1. The lowest BCUT2D eigenvalue weighted by Crippen LogP contribution is -2.50. The van der Waals surface area contributed by atoms with Crippen molar-refractivity contribution < 1.29 is 36.6 Å². The summed E-state index contributed by atoms with van der Waals surface area (Å²) >= 11 is 0. The van der Waals surface area contributed by atoms with Crippen LogP contribution in [0.5, 0.6) is 5.75 Å². The highest BCUT2D eigenvalue weighted by Gasteiger charge is 2.41. The van der Waals surface area contributed by atoms with Crippen molar-refractivity contribution in [3.63, 3.8) is 0 Å². The number of hydrogen-bond donors (Lipinski definition) is 2. The molecule has 1 unspecified atom stereocenters. The number of benzene rings is 1. The van der Waals surface area contributed by atoms with Gasteiger partial charge in [-0.1, -0.05) is 18.2 Å². The third kappa shape index (κ3) is 4.55. The number of carboxylic acids is 1. The maximum Gasteiger partial charge on any atom is 0.401 e. The van der Waals surface area contributed by atoms with Crippen LogP contribution in [0.3, 0.4) is 0 Å². The van der Waals surface area contributed by atoms with Gasteiger partial charge in [0.2, 0.25) is 0 Å². The second-order valence-electron chi connectivity index (χ2n) is 4.27. The molecular formula is C12H12F5NO3. The third-order valence-electron chi connectivity index (χ3n) is 2.71. The van der Waals surface area contributed by atoms with Gasteiger partial charge in [0.1, 0.15) is 11.3 Å². The second-order valence-corrected chi connectivity index (χ2v) is 4.27. The molecule has 0 aliphatic carbocycles. The number of rotatable bonds is 6. The summed E-state index contributed by atoms with van der Waals surface area (Å²) in [5.74, 6) is -2.16. The van der Waals surface area contributed by atoms with Crippen molar-refractivity contribution in [1.29, 1.82) is 0 Å². The van der Waals surface area contributed by atoms with Crippen molar-refractivity contribution in [3.05, 3.63) is 29.8 Å². The largest absolute Gasteiger partial charge is 0.480 e. The number of carbonyl (C=O) groups is 1. The van der Waals surface area contributed by atoms with E-state index in [0.717, 1.165) is 19.1 Å². The standard InChI is InChI=1S/C12H12F5NO3/c1-11(9(19)20,18-6-12(15,16)17)7-4-2-3-5-8(7)21-10(13)14/h2-5,10,18H,6H2,1H3,(H,19,20). The summed E-state index contributed by atoms with van der Waals surface area (Å²) in [6.45, 7) is -3.89. The number of aliphatic carboxylic acids is 1. The second kappa shape index (κ2) is 6.25. The van der Waals surface area contributed by atoms with Crippen LogP contribution >= 0.6 is 0 Å². The number of nitrogens with one attached hydrogen (secondary N) is 1. The maximum absolute atomic E-state index is 12.3. The van der Waals surface area contributed by atoms with Gasteiger partial charge in [-0.3, -0.25) is 5.32 Å². The van der Waals surface area contributed by atoms with E-state index in [0.29, 0.717) is 0 Å². The Kier molecular flexibility index (Phi) is 5.10. The Labute approximate surface area is 116 Å². The third-order valence-corrected chi connectivity index (χ3v) is 2.71. The lowest BCUT2D eigenvalue weighted by Gasteiger charge is -2.29. The van der Waals surface area contributed by atoms with Gasteiger partial charge in [-0.25, -0.2) is 4.79 Å². The topological polar surface area (TPSA) is 58.6 Å². The molecule has 21 heavy (non-hydrogen) atoms. The zero-order chi connectivity index (χ0) is 16.3. The van der Waals surface area contributed by atoms with Crippen LogP contribution in [0.4, 0.5) is 22.0 Å². The number of hydrogen-bond acceptors (Lipinski definition) is 3. The predicted octanol–water partition coefficient (Wildman–Crippen LogP) is 2.74. The fourth-order valence-corrected chi connectivity index (χ4v) is 1.64. The first-order valence-electron chi connectivity index (χ1n) is 5.66. The smallest absolute Gasteiger partial charge is 0.401 e. The number of ether oxygens (including phenoxy) is 1. The predicted molar refractivity (Wildman–Crippen MR) is 62.1 cm³/mol. The summed E-state index contributed by atoms with van der Waals surface area (Å²) in [6.07, 6.45) is -4.66. The van der Waals surface area contributed by atoms with E-state index < -0.39 is 36.6 Å². The Morgan fingerprint density at radius 1 is 1.33 bits per heavy atom. The van der Waals surface area contributed by atoms with Gasteiger partial charge in [-0.05, 0) is 13.0 Å². The van der Waals surface area contributed by atoms with E-state index >= 15 is 0 Å². The van der Waals surface area contributed by atoms with Crippen LogP contribution in [0.1, 0.15) is 12.5 Å². The van der Waals surface area contributed by atoms with Crippen LogP contribution in [0.2, 0.25) is 0 Å². The first-order valence-corrected chi connectivity index (χ1v) is 5.66. The number of alkyl halides is 5. The molecule has 1 aromatic rings. The van der Waals surface area contributed by atoms with Crippen LogP contribution in [0, 0.1) is 0 Å². The van der Waals surface area contributed by atoms with Gasteiger partial charge in [-0.2, -0.15) is 22.0 Å². The average molecular weight is 313 g/mol. The molecule has 0 fully saturated rings. The molecule has 0 amide bonds. The Morgan fingerprint density at radius 3 is 2.38 bits per heavy atom. The molecule has 1 atom stereocenters. The van der Waals surface area contributed by atoms with E-state index in [1.807, 2.05) is 5.32 Å². The SMILES string of the molecule is CC(NCC(F)(F)F)(C(=O)O)c1ccccc1OC(F)F. The molecule has 0 radical (unpaired) electrons. The fourth-order valence-electron chi connectivity index (χ4n) is 1.64. The summed E-state index contributed by atoms with van der Waals surface area (Å²) in [6, 6.07) is 4.77. The molecule has 0 spiro atoms. The van der Waals surface area contributed by atoms with E-state index in [1.165, 1.54) is 12.1 Å². The van der Waals surface area contributed by atoms with Gasteiger partial charge in [0.25, 0.3) is 0 Å². The molecule has 0 aromatic heterocycles. The monoisotopic (exact) mass is 313 g/mol. The lowest BCUT2D eigenvalue weighted by molar-refractivity contribution is -0.150. The molecule has 0 aliphatic heterocycles. The highest BCUT2D eigenvalue weighted by Crippen LogP contribution is 2.32. The minimum atomic E-state index is -4.66. The summed E-state index contributed by atoms with van der Waals surface area (Å²) in [5, 5.41) is 11.0. The molecule has 1 aromatic carbocycles. The van der Waals surface area contributed by atoms with Crippen LogP contribution in [0.15, 0.2) is 24.3 Å². The normalized spacial score (nSPS) is 14.8. The van der Waals surface area contributed by atoms with E-state index in [2.05, 4.69) is 4.74 Å². The maximum atomic E-state index is 12.3. The molecule has 9 heteroatoms. The molecule has 118 valence electrons. The Balaban J connectivity index is 3.19. The minimum Gasteiger partial charge on any atom is -0.480 e. The zero-order valence-electron chi connectivity index (χ0n) is 10.7. The molecule has 4 nitrogen and oxygen atoms in total. The van der Waals surface area contributed by atoms with Gasteiger partial charge in [-0.15, -0.1) is 0 Å². The van der Waals surface area contributed by atoms with Crippen LogP contribution < -0.4 is 10.1 Å². The average Bonchev–Trinajstić information content (AvgIpc) is 2.34. The van der Waals surface area contributed by atoms with Crippen molar-refractivity contribution in [1.82, 2.24) is 5.32 Å². The van der Waals surface area contributed by atoms with Gasteiger partial charge < -0.3 is 9.84 Å². The van der Waals surface area contributed by atoms with E-state index in [1.54, 1.807) is 0 Å². The summed E-state index contributed by atoms with van der Waals surface area (Å²) in [5.41, 5.74) is -2.57. The number of carboxylic acid groups (broad SMARTS) is 1. The highest BCUT2D eigenvalue weighted by molar-refractivity contribution is 5.81. The zero-order valence-corrected chi connectivity index (χ0v) is 10.7. The lowest BCUT2D eigenvalue weighted by atomic mass is 9.91.